The Morgan fingerprint density at radius 3 is 2.62 bits per heavy atom. The molecule has 0 bridgehead atoms. The molecular formula is C9H13BrOS2. The van der Waals surface area contributed by atoms with E-state index in [1.165, 1.54) is 17.9 Å². The molecule has 4 atom stereocenters. The maximum Gasteiger partial charge on any atom is 0.0671 e. The zero-order valence-electron chi connectivity index (χ0n) is 7.28. The van der Waals surface area contributed by atoms with Crippen LogP contribution in [0.15, 0.2) is 0 Å². The summed E-state index contributed by atoms with van der Waals surface area (Å²) in [5.41, 5.74) is 0. The summed E-state index contributed by atoms with van der Waals surface area (Å²) in [6.45, 7) is 0. The number of fused-ring (bicyclic) bond motifs is 2. The number of rotatable bonds is 0. The van der Waals surface area contributed by atoms with Gasteiger partial charge in [-0.2, -0.15) is 0 Å². The lowest BCUT2D eigenvalue weighted by molar-refractivity contribution is 0.184. The van der Waals surface area contributed by atoms with Crippen molar-refractivity contribution < 1.29 is 5.11 Å². The molecule has 4 heteroatoms. The van der Waals surface area contributed by atoms with Gasteiger partial charge in [-0.1, -0.05) is 15.9 Å². The Balaban J connectivity index is 1.79. The van der Waals surface area contributed by atoms with E-state index >= 15 is 0 Å². The van der Waals surface area contributed by atoms with Gasteiger partial charge in [-0.25, -0.2) is 0 Å². The summed E-state index contributed by atoms with van der Waals surface area (Å²) in [6, 6.07) is 0. The van der Waals surface area contributed by atoms with Crippen LogP contribution in [0.3, 0.4) is 0 Å². The first-order valence-corrected chi connectivity index (χ1v) is 7.72. The lowest BCUT2D eigenvalue weighted by Crippen LogP contribution is -2.47. The largest absolute Gasteiger partial charge is 0.392 e. The van der Waals surface area contributed by atoms with Crippen LogP contribution in [-0.2, 0) is 0 Å². The summed E-state index contributed by atoms with van der Waals surface area (Å²) in [4.78, 5) is 0.380. The Hall–Kier alpha value is 1.14. The highest BCUT2D eigenvalue weighted by atomic mass is 79.9. The first-order chi connectivity index (χ1) is 6.23. The van der Waals surface area contributed by atoms with E-state index in [4.69, 9.17) is 0 Å². The van der Waals surface area contributed by atoms with Crippen molar-refractivity contribution >= 4 is 39.5 Å². The zero-order valence-corrected chi connectivity index (χ0v) is 10.5. The number of aliphatic hydroxyl groups excluding tert-OH is 1. The highest BCUT2D eigenvalue weighted by Crippen LogP contribution is 2.68. The minimum atomic E-state index is -0.0869. The third-order valence-electron chi connectivity index (χ3n) is 3.65. The molecule has 2 saturated carbocycles. The van der Waals surface area contributed by atoms with E-state index in [2.05, 4.69) is 39.5 Å². The first-order valence-electron chi connectivity index (χ1n) is 4.83. The molecule has 0 aromatic carbocycles. The number of alkyl halides is 1. The average molecular weight is 281 g/mol. The van der Waals surface area contributed by atoms with Crippen molar-refractivity contribution in [2.24, 2.45) is 11.8 Å². The van der Waals surface area contributed by atoms with Crippen molar-refractivity contribution in [3.63, 3.8) is 0 Å². The Kier molecular flexibility index (Phi) is 2.21. The topological polar surface area (TPSA) is 20.2 Å². The molecule has 0 radical (unpaired) electrons. The van der Waals surface area contributed by atoms with E-state index in [1.807, 2.05) is 0 Å². The molecule has 1 heterocycles. The molecule has 1 saturated heterocycles. The maximum absolute atomic E-state index is 9.76. The smallest absolute Gasteiger partial charge is 0.0671 e. The molecular weight excluding hydrogens is 268 g/mol. The van der Waals surface area contributed by atoms with Crippen LogP contribution in [0.25, 0.3) is 0 Å². The van der Waals surface area contributed by atoms with Crippen LogP contribution in [0.5, 0.6) is 0 Å². The minimum Gasteiger partial charge on any atom is -0.392 e. The van der Waals surface area contributed by atoms with Gasteiger partial charge in [0.2, 0.25) is 0 Å². The number of aliphatic hydroxyl groups is 1. The summed E-state index contributed by atoms with van der Waals surface area (Å²) in [7, 11) is 0. The second-order valence-corrected chi connectivity index (χ2v) is 8.40. The monoisotopic (exact) mass is 280 g/mol. The molecule has 4 unspecified atom stereocenters. The molecule has 13 heavy (non-hydrogen) atoms. The second-order valence-electron chi connectivity index (χ2n) is 4.23. The average Bonchev–Trinajstić information content (AvgIpc) is 2.65. The Labute approximate surface area is 95.5 Å². The van der Waals surface area contributed by atoms with Gasteiger partial charge in [0, 0.05) is 16.3 Å². The van der Waals surface area contributed by atoms with Crippen LogP contribution in [-0.4, -0.2) is 31.6 Å². The SMILES string of the molecule is OC1CC2C(CC23SCCS3)C1Br. The molecule has 3 aliphatic rings. The highest BCUT2D eigenvalue weighted by molar-refractivity contribution is 9.09. The molecule has 3 rings (SSSR count). The van der Waals surface area contributed by atoms with Crippen molar-refractivity contribution in [3.05, 3.63) is 0 Å². The Morgan fingerprint density at radius 1 is 1.31 bits per heavy atom. The van der Waals surface area contributed by atoms with Crippen LogP contribution in [0.2, 0.25) is 0 Å². The summed E-state index contributed by atoms with van der Waals surface area (Å²) < 4.78 is 0.522. The van der Waals surface area contributed by atoms with Gasteiger partial charge in [-0.05, 0) is 24.7 Å². The molecule has 1 aliphatic heterocycles. The summed E-state index contributed by atoms with van der Waals surface area (Å²) in [5, 5.41) is 9.76. The second kappa shape index (κ2) is 3.06. The summed E-state index contributed by atoms with van der Waals surface area (Å²) in [6.07, 6.45) is 2.26. The first kappa shape index (κ1) is 9.37. The normalized spacial score (nSPS) is 52.2. The van der Waals surface area contributed by atoms with Gasteiger partial charge in [-0.15, -0.1) is 23.5 Å². The van der Waals surface area contributed by atoms with Gasteiger partial charge in [0.25, 0.3) is 0 Å². The van der Waals surface area contributed by atoms with E-state index in [9.17, 15) is 5.11 Å². The zero-order chi connectivity index (χ0) is 9.05. The minimum absolute atomic E-state index is 0.0869. The van der Waals surface area contributed by atoms with Crippen molar-refractivity contribution in [1.29, 1.82) is 0 Å². The standard InChI is InChI=1S/C9H13BrOS2/c10-8-5-4-9(12-1-2-13-9)6(5)3-7(8)11/h5-8,11H,1-4H2. The summed E-state index contributed by atoms with van der Waals surface area (Å²) >= 11 is 7.91. The Morgan fingerprint density at radius 2 is 2.00 bits per heavy atom. The quantitative estimate of drug-likeness (QED) is 0.688. The predicted molar refractivity (Wildman–Crippen MR) is 62.6 cm³/mol. The van der Waals surface area contributed by atoms with Gasteiger partial charge in [0.15, 0.2) is 0 Å². The molecule has 1 spiro atoms. The number of halogens is 1. The lowest BCUT2D eigenvalue weighted by Gasteiger charge is -2.49. The van der Waals surface area contributed by atoms with E-state index in [0.717, 1.165) is 18.3 Å². The number of hydrogen-bond donors (Lipinski definition) is 1. The lowest BCUT2D eigenvalue weighted by atomic mass is 9.75. The molecule has 74 valence electrons. The van der Waals surface area contributed by atoms with Gasteiger partial charge in [0.05, 0.1) is 10.2 Å². The molecule has 0 amide bonds. The molecule has 1 N–H and O–H groups in total. The van der Waals surface area contributed by atoms with E-state index in [0.29, 0.717) is 8.91 Å². The number of hydrogen-bond acceptors (Lipinski definition) is 3. The van der Waals surface area contributed by atoms with E-state index < -0.39 is 0 Å². The fraction of sp³-hybridized carbons (Fsp3) is 1.00. The fourth-order valence-electron chi connectivity index (χ4n) is 2.95. The maximum atomic E-state index is 9.76. The molecule has 2 aliphatic carbocycles. The van der Waals surface area contributed by atoms with Gasteiger partial charge >= 0.3 is 0 Å². The molecule has 1 nitrogen and oxygen atoms in total. The molecule has 3 fully saturated rings. The Bertz CT molecular complexity index is 230. The van der Waals surface area contributed by atoms with Crippen LogP contribution in [0, 0.1) is 11.8 Å². The predicted octanol–water partition coefficient (Wildman–Crippen LogP) is 2.33. The van der Waals surface area contributed by atoms with Crippen LogP contribution < -0.4 is 0 Å². The van der Waals surface area contributed by atoms with Gasteiger partial charge in [-0.3, -0.25) is 0 Å². The van der Waals surface area contributed by atoms with Crippen molar-refractivity contribution in [1.82, 2.24) is 0 Å². The third-order valence-corrected chi connectivity index (χ3v) is 8.64. The van der Waals surface area contributed by atoms with E-state index in [1.54, 1.807) is 0 Å². The van der Waals surface area contributed by atoms with Gasteiger partial charge < -0.3 is 5.11 Å². The van der Waals surface area contributed by atoms with Crippen molar-refractivity contribution in [3.8, 4) is 0 Å². The molecule has 0 aromatic rings. The van der Waals surface area contributed by atoms with Crippen LogP contribution >= 0.6 is 39.5 Å². The van der Waals surface area contributed by atoms with E-state index in [-0.39, 0.29) is 6.10 Å². The van der Waals surface area contributed by atoms with Crippen molar-refractivity contribution in [2.45, 2.75) is 27.9 Å². The van der Waals surface area contributed by atoms with Crippen molar-refractivity contribution in [2.75, 3.05) is 11.5 Å². The highest BCUT2D eigenvalue weighted by Gasteiger charge is 2.62. The third kappa shape index (κ3) is 1.18. The van der Waals surface area contributed by atoms with Gasteiger partial charge in [0.1, 0.15) is 0 Å². The van der Waals surface area contributed by atoms with Crippen LogP contribution in [0.1, 0.15) is 12.8 Å². The van der Waals surface area contributed by atoms with Crippen LogP contribution in [0.4, 0.5) is 0 Å². The summed E-state index contributed by atoms with van der Waals surface area (Å²) in [5.74, 6) is 4.17. The molecule has 0 aromatic heterocycles. The fourth-order valence-corrected chi connectivity index (χ4v) is 7.51. The number of thioether (sulfide) groups is 2.